The second-order valence-electron chi connectivity index (χ2n) is 7.59. The lowest BCUT2D eigenvalue weighted by atomic mass is 10.0. The number of aromatic nitrogens is 1. The van der Waals surface area contributed by atoms with Crippen molar-refractivity contribution in [2.24, 2.45) is 0 Å². The summed E-state index contributed by atoms with van der Waals surface area (Å²) in [7, 11) is 0. The summed E-state index contributed by atoms with van der Waals surface area (Å²) in [5, 5.41) is 13.2. The van der Waals surface area contributed by atoms with Crippen LogP contribution in [0.5, 0.6) is 0 Å². The van der Waals surface area contributed by atoms with Crippen molar-refractivity contribution in [1.29, 1.82) is 0 Å². The van der Waals surface area contributed by atoms with Gasteiger partial charge in [0.15, 0.2) is 0 Å². The molecular formula is C24H26N2O3. The van der Waals surface area contributed by atoms with Gasteiger partial charge < -0.3 is 15.0 Å². The molecule has 0 spiro atoms. The summed E-state index contributed by atoms with van der Waals surface area (Å²) < 4.78 is 1.95. The number of aryl methyl sites for hydroxylation is 2. The Kier molecular flexibility index (Phi) is 5.59. The van der Waals surface area contributed by atoms with Gasteiger partial charge in [0.05, 0.1) is 5.56 Å². The fraction of sp³-hybridized carbons (Fsp3) is 0.250. The van der Waals surface area contributed by atoms with Gasteiger partial charge >= 0.3 is 5.97 Å². The summed E-state index contributed by atoms with van der Waals surface area (Å²) in [6.45, 7) is 12.4. The molecule has 0 bridgehead atoms. The van der Waals surface area contributed by atoms with Gasteiger partial charge in [0, 0.05) is 23.1 Å². The summed E-state index contributed by atoms with van der Waals surface area (Å²) in [5.74, 6) is -0.906. The van der Waals surface area contributed by atoms with E-state index in [-0.39, 0.29) is 11.5 Å². The van der Waals surface area contributed by atoms with Crippen molar-refractivity contribution >= 4 is 28.5 Å². The van der Waals surface area contributed by atoms with Crippen LogP contribution in [0, 0.1) is 13.8 Å². The number of amides is 1. The van der Waals surface area contributed by atoms with Crippen LogP contribution in [0.3, 0.4) is 0 Å². The maximum absolute atomic E-state index is 13.2. The van der Waals surface area contributed by atoms with Crippen LogP contribution in [-0.4, -0.2) is 21.6 Å². The first-order valence-corrected chi connectivity index (χ1v) is 9.63. The van der Waals surface area contributed by atoms with E-state index in [1.165, 1.54) is 17.7 Å². The number of nitrogens with one attached hydrogen (secondary N) is 1. The van der Waals surface area contributed by atoms with E-state index in [9.17, 15) is 14.7 Å². The highest BCUT2D eigenvalue weighted by Crippen LogP contribution is 2.30. The molecule has 0 fully saturated rings. The number of nitrogens with zero attached hydrogens (tertiary/aromatic N) is 1. The number of carboxylic acids is 1. The minimum absolute atomic E-state index is 0.135. The summed E-state index contributed by atoms with van der Waals surface area (Å²) in [6.07, 6.45) is 1.77. The largest absolute Gasteiger partial charge is 0.478 e. The van der Waals surface area contributed by atoms with Crippen molar-refractivity contribution in [2.75, 3.05) is 5.32 Å². The Morgan fingerprint density at radius 2 is 1.90 bits per heavy atom. The van der Waals surface area contributed by atoms with Crippen LogP contribution in [0.25, 0.3) is 10.9 Å². The van der Waals surface area contributed by atoms with E-state index in [0.717, 1.165) is 22.0 Å². The molecule has 5 heteroatoms. The van der Waals surface area contributed by atoms with Crippen molar-refractivity contribution in [3.63, 3.8) is 0 Å². The van der Waals surface area contributed by atoms with E-state index in [1.54, 1.807) is 12.1 Å². The quantitative estimate of drug-likeness (QED) is 0.545. The zero-order valence-electron chi connectivity index (χ0n) is 17.2. The van der Waals surface area contributed by atoms with Crippen molar-refractivity contribution in [1.82, 2.24) is 4.57 Å². The van der Waals surface area contributed by atoms with Crippen molar-refractivity contribution in [3.05, 3.63) is 77.0 Å². The minimum atomic E-state index is -1.03. The first kappa shape index (κ1) is 20.4. The fourth-order valence-corrected chi connectivity index (χ4v) is 3.58. The molecule has 0 aliphatic heterocycles. The van der Waals surface area contributed by atoms with Gasteiger partial charge in [-0.25, -0.2) is 4.79 Å². The average molecular weight is 390 g/mol. The molecule has 0 saturated carbocycles. The molecule has 29 heavy (non-hydrogen) atoms. The highest BCUT2D eigenvalue weighted by molar-refractivity contribution is 6.09. The highest BCUT2D eigenvalue weighted by Gasteiger charge is 2.21. The van der Waals surface area contributed by atoms with Gasteiger partial charge in [-0.15, -0.1) is 6.58 Å². The van der Waals surface area contributed by atoms with E-state index in [1.807, 2.05) is 24.5 Å². The van der Waals surface area contributed by atoms with E-state index >= 15 is 0 Å². The predicted molar refractivity (Wildman–Crippen MR) is 117 cm³/mol. The topological polar surface area (TPSA) is 71.3 Å². The monoisotopic (exact) mass is 390 g/mol. The zero-order valence-corrected chi connectivity index (χ0v) is 17.2. The summed E-state index contributed by atoms with van der Waals surface area (Å²) >= 11 is 0. The smallest absolute Gasteiger partial charge is 0.335 e. The standard InChI is InChI=1S/C24H26N2O3/c1-6-11-26-21-10-9-17(14(2)3)12-19(21)16(5)22(26)23(27)25-20-13-18(24(28)29)8-7-15(20)4/h6-10,12-14H,1,11H2,2-5H3,(H,25,27)(H,28,29). The van der Waals surface area contributed by atoms with E-state index in [4.69, 9.17) is 0 Å². The molecule has 0 radical (unpaired) electrons. The number of aromatic carboxylic acids is 1. The Morgan fingerprint density at radius 3 is 2.52 bits per heavy atom. The molecule has 1 heterocycles. The average Bonchev–Trinajstić information content (AvgIpc) is 2.95. The number of fused-ring (bicyclic) bond motifs is 1. The lowest BCUT2D eigenvalue weighted by molar-refractivity contribution is 0.0696. The van der Waals surface area contributed by atoms with Crippen LogP contribution in [0.1, 0.15) is 57.3 Å². The van der Waals surface area contributed by atoms with Gasteiger partial charge in [-0.3, -0.25) is 4.79 Å². The lowest BCUT2D eigenvalue weighted by Gasteiger charge is -2.12. The normalized spacial score (nSPS) is 11.1. The molecular weight excluding hydrogens is 364 g/mol. The Hall–Kier alpha value is -3.34. The van der Waals surface area contributed by atoms with Gasteiger partial charge in [-0.2, -0.15) is 0 Å². The predicted octanol–water partition coefficient (Wildman–Crippen LogP) is 5.52. The highest BCUT2D eigenvalue weighted by atomic mass is 16.4. The molecule has 1 amide bonds. The lowest BCUT2D eigenvalue weighted by Crippen LogP contribution is -2.19. The summed E-state index contributed by atoms with van der Waals surface area (Å²) in [5.41, 5.74) is 5.08. The fourth-order valence-electron chi connectivity index (χ4n) is 3.58. The second kappa shape index (κ2) is 7.95. The van der Waals surface area contributed by atoms with Gasteiger partial charge in [0.1, 0.15) is 5.69 Å². The Morgan fingerprint density at radius 1 is 1.17 bits per heavy atom. The number of benzene rings is 2. The third-order valence-corrected chi connectivity index (χ3v) is 5.27. The summed E-state index contributed by atoms with van der Waals surface area (Å²) in [4.78, 5) is 24.5. The van der Waals surface area contributed by atoms with Gasteiger partial charge in [0.2, 0.25) is 0 Å². The van der Waals surface area contributed by atoms with Crippen LogP contribution in [0.15, 0.2) is 49.1 Å². The Labute approximate surface area is 170 Å². The number of hydrogen-bond donors (Lipinski definition) is 2. The maximum Gasteiger partial charge on any atom is 0.335 e. The zero-order chi connectivity index (χ0) is 21.3. The number of carbonyl (C=O) groups is 2. The molecule has 0 saturated heterocycles. The van der Waals surface area contributed by atoms with Crippen LogP contribution in [-0.2, 0) is 6.54 Å². The molecule has 2 N–H and O–H groups in total. The number of allylic oxidation sites excluding steroid dienone is 1. The van der Waals surface area contributed by atoms with Crippen molar-refractivity contribution in [3.8, 4) is 0 Å². The van der Waals surface area contributed by atoms with Crippen molar-refractivity contribution in [2.45, 2.75) is 40.2 Å². The van der Waals surface area contributed by atoms with E-state index in [2.05, 4.69) is 37.9 Å². The van der Waals surface area contributed by atoms with E-state index in [0.29, 0.717) is 23.8 Å². The SMILES string of the molecule is C=CCn1c(C(=O)Nc2cc(C(=O)O)ccc2C)c(C)c2cc(C(C)C)ccc21. The van der Waals surface area contributed by atoms with E-state index < -0.39 is 5.97 Å². The van der Waals surface area contributed by atoms with Gasteiger partial charge in [0.25, 0.3) is 5.91 Å². The number of carbonyl (C=O) groups excluding carboxylic acids is 1. The maximum atomic E-state index is 13.2. The van der Waals surface area contributed by atoms with Crippen LogP contribution in [0.4, 0.5) is 5.69 Å². The number of anilines is 1. The first-order chi connectivity index (χ1) is 13.7. The molecule has 3 aromatic rings. The molecule has 150 valence electrons. The third-order valence-electron chi connectivity index (χ3n) is 5.27. The second-order valence-corrected chi connectivity index (χ2v) is 7.59. The molecule has 5 nitrogen and oxygen atoms in total. The summed E-state index contributed by atoms with van der Waals surface area (Å²) in [6, 6.07) is 11.0. The van der Waals surface area contributed by atoms with Crippen molar-refractivity contribution < 1.29 is 14.7 Å². The van der Waals surface area contributed by atoms with Crippen LogP contribution >= 0.6 is 0 Å². The van der Waals surface area contributed by atoms with Crippen LogP contribution in [0.2, 0.25) is 0 Å². The molecule has 0 unspecified atom stereocenters. The first-order valence-electron chi connectivity index (χ1n) is 9.63. The minimum Gasteiger partial charge on any atom is -0.478 e. The third kappa shape index (κ3) is 3.81. The number of rotatable bonds is 6. The Balaban J connectivity index is 2.11. The molecule has 3 rings (SSSR count). The number of hydrogen-bond acceptors (Lipinski definition) is 2. The Bertz CT molecular complexity index is 1120. The molecule has 0 aliphatic carbocycles. The molecule has 0 atom stereocenters. The number of carboxylic acid groups (broad SMARTS) is 1. The van der Waals surface area contributed by atoms with Crippen LogP contribution < -0.4 is 5.32 Å². The molecule has 2 aromatic carbocycles. The van der Waals surface area contributed by atoms with Gasteiger partial charge in [-0.1, -0.05) is 32.1 Å². The molecule has 1 aromatic heterocycles. The van der Waals surface area contributed by atoms with Gasteiger partial charge in [-0.05, 0) is 60.7 Å². The molecule has 0 aliphatic rings.